The summed E-state index contributed by atoms with van der Waals surface area (Å²) in [6.45, 7) is 0.762. The van der Waals surface area contributed by atoms with Gasteiger partial charge in [0.1, 0.15) is 18.1 Å². The van der Waals surface area contributed by atoms with E-state index in [1.165, 1.54) is 16.7 Å². The summed E-state index contributed by atoms with van der Waals surface area (Å²) in [5.74, 6) is -3.90. The number of hydrogen-bond donors (Lipinski definition) is 6. The number of nitrogens with zero attached hydrogens (tertiary/aromatic N) is 1. The summed E-state index contributed by atoms with van der Waals surface area (Å²) in [6.07, 6.45) is 4.09. The van der Waals surface area contributed by atoms with Crippen LogP contribution in [0.4, 0.5) is 0 Å². The van der Waals surface area contributed by atoms with Crippen molar-refractivity contribution in [3.8, 4) is 0 Å². The third-order valence-electron chi connectivity index (χ3n) is 5.36. The van der Waals surface area contributed by atoms with Crippen molar-refractivity contribution in [3.05, 3.63) is 0 Å². The topological polar surface area (TPSA) is 205 Å². The van der Waals surface area contributed by atoms with Crippen LogP contribution in [0.15, 0.2) is 0 Å². The highest BCUT2D eigenvalue weighted by atomic mass is 32.2. The van der Waals surface area contributed by atoms with Crippen LogP contribution in [0.3, 0.4) is 0 Å². The number of likely N-dealkylation sites (tertiary alicyclic amines) is 1. The first-order valence-corrected chi connectivity index (χ1v) is 12.3. The average molecular weight is 490 g/mol. The maximum absolute atomic E-state index is 13.2. The van der Waals surface area contributed by atoms with E-state index in [4.69, 9.17) is 16.6 Å². The molecule has 0 aromatic carbocycles. The van der Waals surface area contributed by atoms with Crippen molar-refractivity contribution in [3.63, 3.8) is 0 Å². The van der Waals surface area contributed by atoms with Gasteiger partial charge in [-0.05, 0) is 50.7 Å². The van der Waals surface area contributed by atoms with Gasteiger partial charge in [-0.1, -0.05) is 6.42 Å². The van der Waals surface area contributed by atoms with Gasteiger partial charge in [0.05, 0.1) is 12.5 Å². The Labute approximate surface area is 197 Å². The molecule has 0 aliphatic carbocycles. The van der Waals surface area contributed by atoms with Gasteiger partial charge in [-0.2, -0.15) is 11.8 Å². The number of hydrogen-bond acceptors (Lipinski definition) is 8. The zero-order chi connectivity index (χ0) is 25.0. The van der Waals surface area contributed by atoms with Crippen molar-refractivity contribution in [1.82, 2.24) is 15.5 Å². The van der Waals surface area contributed by atoms with E-state index in [0.29, 0.717) is 44.4 Å². The second kappa shape index (κ2) is 14.7. The molecule has 4 unspecified atom stereocenters. The Morgan fingerprint density at radius 1 is 1.09 bits per heavy atom. The van der Waals surface area contributed by atoms with E-state index in [2.05, 4.69) is 10.6 Å². The first-order valence-electron chi connectivity index (χ1n) is 10.9. The van der Waals surface area contributed by atoms with E-state index in [1.54, 1.807) is 0 Å². The highest BCUT2D eigenvalue weighted by Crippen LogP contribution is 2.20. The van der Waals surface area contributed by atoms with Crippen molar-refractivity contribution in [1.29, 1.82) is 0 Å². The average Bonchev–Trinajstić information content (AvgIpc) is 3.25. The zero-order valence-electron chi connectivity index (χ0n) is 18.8. The molecular weight excluding hydrogens is 454 g/mol. The van der Waals surface area contributed by atoms with Crippen molar-refractivity contribution < 1.29 is 34.2 Å². The number of amides is 3. The SMILES string of the molecule is CSCCC(NC(=O)C(N)CCCCN)C(=O)N1CCCC1C(=O)NC(CC(=O)O)C(=O)O. The van der Waals surface area contributed by atoms with Gasteiger partial charge in [-0.25, -0.2) is 4.79 Å². The largest absolute Gasteiger partial charge is 0.481 e. The van der Waals surface area contributed by atoms with E-state index in [-0.39, 0.29) is 6.54 Å². The molecule has 0 spiro atoms. The van der Waals surface area contributed by atoms with E-state index < -0.39 is 60.2 Å². The van der Waals surface area contributed by atoms with Gasteiger partial charge >= 0.3 is 11.9 Å². The molecule has 1 aliphatic rings. The molecule has 188 valence electrons. The minimum atomic E-state index is -1.61. The van der Waals surface area contributed by atoms with Crippen molar-refractivity contribution in [2.75, 3.05) is 25.1 Å². The molecule has 0 aromatic heterocycles. The molecule has 0 radical (unpaired) electrons. The minimum Gasteiger partial charge on any atom is -0.481 e. The van der Waals surface area contributed by atoms with Crippen LogP contribution < -0.4 is 22.1 Å². The van der Waals surface area contributed by atoms with E-state index in [9.17, 15) is 29.1 Å². The number of rotatable bonds is 15. The molecule has 33 heavy (non-hydrogen) atoms. The van der Waals surface area contributed by atoms with Crippen LogP contribution in [0, 0.1) is 0 Å². The Kier molecular flexibility index (Phi) is 12.8. The van der Waals surface area contributed by atoms with Crippen LogP contribution in [0.2, 0.25) is 0 Å². The van der Waals surface area contributed by atoms with E-state index in [0.717, 1.165) is 6.42 Å². The van der Waals surface area contributed by atoms with Gasteiger partial charge in [0.2, 0.25) is 17.7 Å². The van der Waals surface area contributed by atoms with Gasteiger partial charge in [-0.15, -0.1) is 0 Å². The molecule has 4 atom stereocenters. The monoisotopic (exact) mass is 489 g/mol. The summed E-state index contributed by atoms with van der Waals surface area (Å²) in [7, 11) is 0. The minimum absolute atomic E-state index is 0.266. The predicted molar refractivity (Wildman–Crippen MR) is 122 cm³/mol. The Morgan fingerprint density at radius 3 is 2.36 bits per heavy atom. The number of carbonyl (C=O) groups is 5. The predicted octanol–water partition coefficient (Wildman–Crippen LogP) is -1.28. The van der Waals surface area contributed by atoms with E-state index in [1.807, 2.05) is 6.26 Å². The molecule has 1 fully saturated rings. The summed E-state index contributed by atoms with van der Waals surface area (Å²) in [5, 5.41) is 22.9. The van der Waals surface area contributed by atoms with Crippen LogP contribution in [0.25, 0.3) is 0 Å². The highest BCUT2D eigenvalue weighted by Gasteiger charge is 2.39. The maximum Gasteiger partial charge on any atom is 0.326 e. The number of nitrogens with one attached hydrogen (secondary N) is 2. The van der Waals surface area contributed by atoms with Crippen molar-refractivity contribution >= 4 is 41.4 Å². The molecule has 1 saturated heterocycles. The smallest absolute Gasteiger partial charge is 0.326 e. The second-order valence-corrected chi connectivity index (χ2v) is 8.91. The van der Waals surface area contributed by atoms with Crippen LogP contribution in [-0.2, 0) is 24.0 Å². The van der Waals surface area contributed by atoms with Gasteiger partial charge in [0, 0.05) is 6.54 Å². The fraction of sp³-hybridized carbons (Fsp3) is 0.750. The molecule has 8 N–H and O–H groups in total. The first-order chi connectivity index (χ1) is 15.6. The fourth-order valence-corrected chi connectivity index (χ4v) is 4.03. The van der Waals surface area contributed by atoms with Gasteiger partial charge in [-0.3, -0.25) is 19.2 Å². The lowest BCUT2D eigenvalue weighted by atomic mass is 10.1. The van der Waals surface area contributed by atoms with Crippen LogP contribution in [0.1, 0.15) is 44.9 Å². The number of carboxylic acid groups (broad SMARTS) is 2. The van der Waals surface area contributed by atoms with Gasteiger partial charge < -0.3 is 37.2 Å². The molecule has 13 heteroatoms. The standard InChI is InChI=1S/C20H35N5O7S/c1-33-10-7-13(23-17(28)12(22)5-2-3-8-21)19(30)25-9-4-6-15(25)18(29)24-14(20(31)32)11-16(26)27/h12-15H,2-11,21-22H2,1H3,(H,23,28)(H,24,29)(H,26,27)(H,31,32). The van der Waals surface area contributed by atoms with Crippen LogP contribution in [0.5, 0.6) is 0 Å². The van der Waals surface area contributed by atoms with E-state index >= 15 is 0 Å². The molecule has 1 rings (SSSR count). The Balaban J connectivity index is 2.88. The van der Waals surface area contributed by atoms with Gasteiger partial charge in [0.15, 0.2) is 0 Å². The number of carboxylic acids is 2. The molecule has 0 aromatic rings. The number of nitrogens with two attached hydrogens (primary N) is 2. The zero-order valence-corrected chi connectivity index (χ0v) is 19.6. The normalized spacial score (nSPS) is 18.3. The maximum atomic E-state index is 13.2. The lowest BCUT2D eigenvalue weighted by Gasteiger charge is -2.30. The Bertz CT molecular complexity index is 708. The third-order valence-corrected chi connectivity index (χ3v) is 6.01. The molecule has 0 saturated carbocycles. The van der Waals surface area contributed by atoms with Crippen LogP contribution >= 0.6 is 11.8 Å². The molecule has 3 amide bonds. The molecular formula is C20H35N5O7S. The Hall–Kier alpha value is -2.38. The first kappa shape index (κ1) is 28.7. The summed E-state index contributed by atoms with van der Waals surface area (Å²) in [6, 6.07) is -4.22. The Morgan fingerprint density at radius 2 is 1.79 bits per heavy atom. The van der Waals surface area contributed by atoms with Gasteiger partial charge in [0.25, 0.3) is 0 Å². The molecule has 0 bridgehead atoms. The van der Waals surface area contributed by atoms with Crippen molar-refractivity contribution in [2.45, 2.75) is 69.1 Å². The molecule has 1 heterocycles. The second-order valence-electron chi connectivity index (χ2n) is 7.92. The quantitative estimate of drug-likeness (QED) is 0.150. The lowest BCUT2D eigenvalue weighted by molar-refractivity contribution is -0.148. The number of thioether (sulfide) groups is 1. The highest BCUT2D eigenvalue weighted by molar-refractivity contribution is 7.98. The number of unbranched alkanes of at least 4 members (excludes halogenated alkanes) is 1. The summed E-state index contributed by atoms with van der Waals surface area (Å²) < 4.78 is 0. The summed E-state index contributed by atoms with van der Waals surface area (Å²) in [5.41, 5.74) is 11.4. The number of carbonyl (C=O) groups excluding carboxylic acids is 3. The third kappa shape index (κ3) is 9.56. The van der Waals surface area contributed by atoms with Crippen molar-refractivity contribution in [2.24, 2.45) is 11.5 Å². The lowest BCUT2D eigenvalue weighted by Crippen LogP contribution is -2.57. The van der Waals surface area contributed by atoms with Crippen LogP contribution in [-0.4, -0.2) is 94.0 Å². The molecule has 1 aliphatic heterocycles. The summed E-state index contributed by atoms with van der Waals surface area (Å²) >= 11 is 1.50. The molecule has 12 nitrogen and oxygen atoms in total. The number of aliphatic carboxylic acids is 2. The fourth-order valence-electron chi connectivity index (χ4n) is 3.56. The summed E-state index contributed by atoms with van der Waals surface area (Å²) in [4.78, 5) is 61.9.